The van der Waals surface area contributed by atoms with Gasteiger partial charge >= 0.3 is 41.5 Å². The Labute approximate surface area is 330 Å². The first kappa shape index (κ1) is 53.3. The molecule has 0 saturated carbocycles. The Morgan fingerprint density at radius 2 is 0.388 bits per heavy atom. The molecule has 0 rings (SSSR count). The Balaban J connectivity index is -0.000000846. The van der Waals surface area contributed by atoms with Gasteiger partial charge in [-0.15, -0.1) is 0 Å². The van der Waals surface area contributed by atoms with Crippen molar-refractivity contribution in [1.29, 1.82) is 0 Å². The van der Waals surface area contributed by atoms with Crippen LogP contribution in [0.25, 0.3) is 0 Å². The Hall–Kier alpha value is -0.0600. The summed E-state index contributed by atoms with van der Waals surface area (Å²) in [6, 6.07) is 0. The van der Waals surface area contributed by atoms with E-state index in [0.717, 1.165) is 25.7 Å². The van der Waals surface area contributed by atoms with Crippen molar-refractivity contribution in [1.82, 2.24) is 0 Å². The molecule has 0 saturated heterocycles. The Bertz CT molecular complexity index is 560. The maximum atomic E-state index is 10.4. The molecule has 0 aliphatic carbocycles. The van der Waals surface area contributed by atoms with E-state index in [4.69, 9.17) is 10.2 Å². The molecule has 0 aliphatic rings. The predicted octanol–water partition coefficient (Wildman–Crippen LogP) is 15.1. The van der Waals surface area contributed by atoms with Crippen molar-refractivity contribution in [2.75, 3.05) is 0 Å². The van der Waals surface area contributed by atoms with E-state index in [2.05, 4.69) is 13.8 Å². The third-order valence-corrected chi connectivity index (χ3v) is 9.99. The fourth-order valence-corrected chi connectivity index (χ4v) is 6.71. The van der Waals surface area contributed by atoms with Crippen LogP contribution in [-0.4, -0.2) is 51.7 Å². The van der Waals surface area contributed by atoms with Crippen LogP contribution in [0.3, 0.4) is 0 Å². The van der Waals surface area contributed by atoms with Gasteiger partial charge in [0.25, 0.3) is 0 Å². The number of hydrogen-bond acceptors (Lipinski definition) is 2. The van der Waals surface area contributed by atoms with Gasteiger partial charge in [0.05, 0.1) is 0 Å². The van der Waals surface area contributed by atoms with Gasteiger partial charge in [0.2, 0.25) is 0 Å². The summed E-state index contributed by atoms with van der Waals surface area (Å²) >= 11 is 0. The van der Waals surface area contributed by atoms with E-state index in [0.29, 0.717) is 12.8 Å². The molecule has 0 radical (unpaired) electrons. The Morgan fingerprint density at radius 3 is 0.510 bits per heavy atom. The van der Waals surface area contributed by atoms with Crippen LogP contribution in [0.1, 0.15) is 271 Å². The molecule has 4 nitrogen and oxygen atoms in total. The van der Waals surface area contributed by atoms with Gasteiger partial charge in [-0.05, 0) is 12.8 Å². The maximum absolute atomic E-state index is 10.4. The molecule has 2 N–H and O–H groups in total. The molecule has 0 spiro atoms. The van der Waals surface area contributed by atoms with E-state index in [1.807, 2.05) is 0 Å². The summed E-state index contributed by atoms with van der Waals surface area (Å²) in [5.74, 6) is -1.30. The molecular formula is C44H89NaO4. The summed E-state index contributed by atoms with van der Waals surface area (Å²) in [6.07, 6.45) is 52.2. The van der Waals surface area contributed by atoms with Crippen molar-refractivity contribution >= 4 is 41.5 Å². The van der Waals surface area contributed by atoms with Crippen molar-refractivity contribution in [3.63, 3.8) is 0 Å². The van der Waals surface area contributed by atoms with E-state index in [1.54, 1.807) is 0 Å². The summed E-state index contributed by atoms with van der Waals surface area (Å²) in [7, 11) is 0. The van der Waals surface area contributed by atoms with Gasteiger partial charge in [0.1, 0.15) is 0 Å². The molecule has 0 amide bonds. The van der Waals surface area contributed by atoms with Crippen LogP contribution in [-0.2, 0) is 9.59 Å². The molecule has 5 heteroatoms. The summed E-state index contributed by atoms with van der Waals surface area (Å²) < 4.78 is 0. The SMILES string of the molecule is CCCCCCCCCCCCCCCCCCCCCC(=O)O.CCCCCCCCCCCCCCCCCCCCCC(=O)O.[NaH]. The predicted molar refractivity (Wildman–Crippen MR) is 218 cm³/mol. The number of unbranched alkanes of at least 4 members (excludes halogenated alkanes) is 36. The van der Waals surface area contributed by atoms with Gasteiger partial charge in [-0.25, -0.2) is 0 Å². The summed E-state index contributed by atoms with van der Waals surface area (Å²) in [6.45, 7) is 4.57. The monoisotopic (exact) mass is 705 g/mol. The minimum absolute atomic E-state index is 0. The Kier molecular flexibility index (Phi) is 54.4. The second-order valence-corrected chi connectivity index (χ2v) is 15.0. The standard InChI is InChI=1S/2C22H44O2.Na.H/c2*1-2-3-4-5-6-7-8-9-10-11-12-13-14-15-16-17-18-19-20-21-22(23)24;;/h2*2-21H2,1H3,(H,23,24);;. The van der Waals surface area contributed by atoms with Gasteiger partial charge in [0, 0.05) is 12.8 Å². The molecule has 290 valence electrons. The van der Waals surface area contributed by atoms with Crippen molar-refractivity contribution in [2.45, 2.75) is 271 Å². The quantitative estimate of drug-likeness (QED) is 0.0492. The van der Waals surface area contributed by atoms with Crippen molar-refractivity contribution in [2.24, 2.45) is 0 Å². The number of rotatable bonds is 40. The van der Waals surface area contributed by atoms with Crippen LogP contribution in [0.15, 0.2) is 0 Å². The van der Waals surface area contributed by atoms with Gasteiger partial charge in [-0.3, -0.25) is 9.59 Å². The molecular weight excluding hydrogens is 615 g/mol. The first-order chi connectivity index (χ1) is 23.5. The molecule has 0 atom stereocenters. The van der Waals surface area contributed by atoms with E-state index in [1.165, 1.54) is 218 Å². The molecule has 0 bridgehead atoms. The second kappa shape index (κ2) is 50.0. The van der Waals surface area contributed by atoms with Crippen LogP contribution in [0.2, 0.25) is 0 Å². The molecule has 49 heavy (non-hydrogen) atoms. The van der Waals surface area contributed by atoms with Crippen molar-refractivity contribution in [3.05, 3.63) is 0 Å². The van der Waals surface area contributed by atoms with E-state index in [9.17, 15) is 9.59 Å². The van der Waals surface area contributed by atoms with Crippen LogP contribution >= 0.6 is 0 Å². The third-order valence-electron chi connectivity index (χ3n) is 9.99. The van der Waals surface area contributed by atoms with Gasteiger partial charge in [-0.1, -0.05) is 245 Å². The zero-order chi connectivity index (χ0) is 35.4. The second-order valence-electron chi connectivity index (χ2n) is 15.0. The number of hydrogen-bond donors (Lipinski definition) is 2. The van der Waals surface area contributed by atoms with E-state index in [-0.39, 0.29) is 29.6 Å². The summed E-state index contributed by atoms with van der Waals surface area (Å²) in [5.41, 5.74) is 0. The van der Waals surface area contributed by atoms with Crippen LogP contribution in [0.5, 0.6) is 0 Å². The first-order valence-corrected chi connectivity index (χ1v) is 22.0. The van der Waals surface area contributed by atoms with Crippen LogP contribution in [0, 0.1) is 0 Å². The summed E-state index contributed by atoms with van der Waals surface area (Å²) in [4.78, 5) is 20.8. The third kappa shape index (κ3) is 57.5. The Morgan fingerprint density at radius 1 is 0.265 bits per heavy atom. The van der Waals surface area contributed by atoms with Crippen molar-refractivity contribution < 1.29 is 19.8 Å². The van der Waals surface area contributed by atoms with E-state index < -0.39 is 11.9 Å². The number of carbonyl (C=O) groups is 2. The van der Waals surface area contributed by atoms with Crippen molar-refractivity contribution in [3.8, 4) is 0 Å². The molecule has 0 heterocycles. The normalized spacial score (nSPS) is 10.8. The zero-order valence-corrected chi connectivity index (χ0v) is 33.0. The first-order valence-electron chi connectivity index (χ1n) is 22.0. The van der Waals surface area contributed by atoms with Gasteiger partial charge in [-0.2, -0.15) is 0 Å². The number of carboxylic acid groups (broad SMARTS) is 2. The van der Waals surface area contributed by atoms with E-state index >= 15 is 0 Å². The average Bonchev–Trinajstić information content (AvgIpc) is 3.07. The molecule has 0 aromatic carbocycles. The fraction of sp³-hybridized carbons (Fsp3) is 0.955. The summed E-state index contributed by atoms with van der Waals surface area (Å²) in [5, 5.41) is 17.1. The average molecular weight is 705 g/mol. The topological polar surface area (TPSA) is 74.6 Å². The van der Waals surface area contributed by atoms with Gasteiger partial charge < -0.3 is 10.2 Å². The molecule has 0 aromatic heterocycles. The minimum atomic E-state index is -0.651. The van der Waals surface area contributed by atoms with Crippen LogP contribution < -0.4 is 0 Å². The number of aliphatic carboxylic acids is 2. The molecule has 0 aromatic rings. The fourth-order valence-electron chi connectivity index (χ4n) is 6.71. The number of carboxylic acids is 2. The molecule has 0 aliphatic heterocycles. The zero-order valence-electron chi connectivity index (χ0n) is 33.0. The van der Waals surface area contributed by atoms with Crippen LogP contribution in [0.4, 0.5) is 0 Å². The molecule has 0 unspecified atom stereocenters. The van der Waals surface area contributed by atoms with Gasteiger partial charge in [0.15, 0.2) is 0 Å². The molecule has 0 fully saturated rings.